The van der Waals surface area contributed by atoms with Crippen LogP contribution in [0.5, 0.6) is 0 Å². The summed E-state index contributed by atoms with van der Waals surface area (Å²) in [6.07, 6.45) is 2.03. The lowest BCUT2D eigenvalue weighted by Gasteiger charge is -2.08. The summed E-state index contributed by atoms with van der Waals surface area (Å²) in [5, 5.41) is 1.15. The van der Waals surface area contributed by atoms with Gasteiger partial charge in [0.1, 0.15) is 0 Å². The van der Waals surface area contributed by atoms with Crippen molar-refractivity contribution < 1.29 is 0 Å². The smallest absolute Gasteiger partial charge is 0.0478 e. The molecule has 1 aromatic heterocycles. The average Bonchev–Trinajstić information content (AvgIpc) is 2.49. The lowest BCUT2D eigenvalue weighted by Crippen LogP contribution is -2.10. The first-order valence-electron chi connectivity index (χ1n) is 4.67. The second-order valence-corrected chi connectivity index (χ2v) is 3.82. The Labute approximate surface area is 83.5 Å². The fourth-order valence-electron chi connectivity index (χ4n) is 1.75. The number of hydrogen-bond acceptors (Lipinski definition) is 2. The number of anilines is 1. The van der Waals surface area contributed by atoms with Crippen molar-refractivity contribution >= 4 is 16.6 Å². The summed E-state index contributed by atoms with van der Waals surface area (Å²) in [5.74, 6) is 0. The molecule has 3 N–H and O–H groups in total. The average molecular weight is 189 g/mol. The van der Waals surface area contributed by atoms with Crippen LogP contribution >= 0.6 is 0 Å². The van der Waals surface area contributed by atoms with Crippen LogP contribution in [-0.4, -0.2) is 24.0 Å². The van der Waals surface area contributed by atoms with Crippen LogP contribution < -0.4 is 5.73 Å². The molecule has 1 heterocycles. The molecule has 3 heteroatoms. The number of nitrogens with one attached hydrogen (secondary N) is 1. The molecule has 0 fully saturated rings. The highest BCUT2D eigenvalue weighted by atomic mass is 15.0. The molecule has 0 atom stereocenters. The third-order valence-corrected chi connectivity index (χ3v) is 2.31. The van der Waals surface area contributed by atoms with Gasteiger partial charge in [0, 0.05) is 29.3 Å². The molecule has 0 aliphatic carbocycles. The molecule has 14 heavy (non-hydrogen) atoms. The van der Waals surface area contributed by atoms with Crippen LogP contribution in [0.3, 0.4) is 0 Å². The van der Waals surface area contributed by atoms with Gasteiger partial charge in [0.05, 0.1) is 0 Å². The Morgan fingerprint density at radius 3 is 2.86 bits per heavy atom. The number of benzene rings is 1. The van der Waals surface area contributed by atoms with E-state index in [9.17, 15) is 0 Å². The third kappa shape index (κ3) is 1.46. The highest BCUT2D eigenvalue weighted by Crippen LogP contribution is 2.24. The molecule has 0 saturated carbocycles. The van der Waals surface area contributed by atoms with E-state index in [1.165, 1.54) is 5.56 Å². The van der Waals surface area contributed by atoms with Crippen LogP contribution in [0.2, 0.25) is 0 Å². The number of nitrogen functional groups attached to an aromatic ring is 1. The van der Waals surface area contributed by atoms with Crippen molar-refractivity contribution in [2.24, 2.45) is 0 Å². The molecular weight excluding hydrogens is 174 g/mol. The second kappa shape index (κ2) is 3.35. The molecule has 0 amide bonds. The lowest BCUT2D eigenvalue weighted by atomic mass is 10.1. The fraction of sp³-hybridized carbons (Fsp3) is 0.273. The zero-order valence-electron chi connectivity index (χ0n) is 8.54. The molecule has 0 aliphatic rings. The minimum atomic E-state index is 0.848. The first kappa shape index (κ1) is 9.09. The zero-order chi connectivity index (χ0) is 10.1. The maximum atomic E-state index is 5.94. The normalized spacial score (nSPS) is 11.4. The van der Waals surface area contributed by atoms with Gasteiger partial charge in [0.25, 0.3) is 0 Å². The number of nitrogens with zero attached hydrogens (tertiary/aromatic N) is 1. The van der Waals surface area contributed by atoms with E-state index in [2.05, 4.69) is 24.0 Å². The fourth-order valence-corrected chi connectivity index (χ4v) is 1.75. The van der Waals surface area contributed by atoms with Crippen molar-refractivity contribution in [3.05, 3.63) is 30.0 Å². The first-order chi connectivity index (χ1) is 6.68. The summed E-state index contributed by atoms with van der Waals surface area (Å²) in [6, 6.07) is 5.95. The Balaban J connectivity index is 2.55. The van der Waals surface area contributed by atoms with Gasteiger partial charge in [-0.3, -0.25) is 0 Å². The number of rotatable bonds is 2. The Morgan fingerprint density at radius 2 is 2.14 bits per heavy atom. The van der Waals surface area contributed by atoms with Crippen LogP contribution in [0.4, 0.5) is 5.69 Å². The highest BCUT2D eigenvalue weighted by molar-refractivity contribution is 5.93. The predicted octanol–water partition coefficient (Wildman–Crippen LogP) is 1.81. The molecule has 0 spiro atoms. The summed E-state index contributed by atoms with van der Waals surface area (Å²) >= 11 is 0. The molecule has 3 nitrogen and oxygen atoms in total. The van der Waals surface area contributed by atoms with E-state index in [1.807, 2.05) is 24.4 Å². The lowest BCUT2D eigenvalue weighted by molar-refractivity contribution is 0.404. The van der Waals surface area contributed by atoms with E-state index in [4.69, 9.17) is 5.73 Å². The van der Waals surface area contributed by atoms with E-state index in [-0.39, 0.29) is 0 Å². The van der Waals surface area contributed by atoms with E-state index >= 15 is 0 Å². The minimum absolute atomic E-state index is 0.848. The summed E-state index contributed by atoms with van der Waals surface area (Å²) in [7, 11) is 4.11. The van der Waals surface area contributed by atoms with Gasteiger partial charge in [-0.05, 0) is 31.8 Å². The summed E-state index contributed by atoms with van der Waals surface area (Å²) in [6.45, 7) is 0.911. The predicted molar refractivity (Wildman–Crippen MR) is 60.1 cm³/mol. The molecular formula is C11H15N3. The minimum Gasteiger partial charge on any atom is -0.398 e. The largest absolute Gasteiger partial charge is 0.398 e. The summed E-state index contributed by atoms with van der Waals surface area (Å²) in [5.41, 5.74) is 9.15. The van der Waals surface area contributed by atoms with Gasteiger partial charge >= 0.3 is 0 Å². The summed E-state index contributed by atoms with van der Waals surface area (Å²) in [4.78, 5) is 5.36. The van der Waals surface area contributed by atoms with Crippen molar-refractivity contribution in [1.29, 1.82) is 0 Å². The molecule has 1 aromatic carbocycles. The van der Waals surface area contributed by atoms with Crippen molar-refractivity contribution in [1.82, 2.24) is 9.88 Å². The van der Waals surface area contributed by atoms with Gasteiger partial charge < -0.3 is 15.6 Å². The van der Waals surface area contributed by atoms with E-state index in [1.54, 1.807) is 0 Å². The maximum Gasteiger partial charge on any atom is 0.0478 e. The molecule has 2 rings (SSSR count). The second-order valence-electron chi connectivity index (χ2n) is 3.82. The van der Waals surface area contributed by atoms with Gasteiger partial charge in [-0.15, -0.1) is 0 Å². The molecule has 0 aliphatic heterocycles. The Morgan fingerprint density at radius 1 is 1.36 bits per heavy atom. The van der Waals surface area contributed by atoms with Gasteiger partial charge in [0.15, 0.2) is 0 Å². The third-order valence-electron chi connectivity index (χ3n) is 2.31. The molecule has 2 aromatic rings. The van der Waals surface area contributed by atoms with Crippen LogP contribution in [0, 0.1) is 0 Å². The molecule has 0 saturated heterocycles. The van der Waals surface area contributed by atoms with Gasteiger partial charge in [0.2, 0.25) is 0 Å². The van der Waals surface area contributed by atoms with Crippen LogP contribution in [0.25, 0.3) is 10.9 Å². The molecule has 0 bridgehead atoms. The number of H-pyrrole nitrogens is 1. The summed E-state index contributed by atoms with van der Waals surface area (Å²) < 4.78 is 0. The molecule has 0 unspecified atom stereocenters. The van der Waals surface area contributed by atoms with Crippen molar-refractivity contribution in [3.63, 3.8) is 0 Å². The van der Waals surface area contributed by atoms with Crippen LogP contribution in [-0.2, 0) is 6.54 Å². The van der Waals surface area contributed by atoms with Gasteiger partial charge in [-0.2, -0.15) is 0 Å². The van der Waals surface area contributed by atoms with Crippen LogP contribution in [0.15, 0.2) is 24.4 Å². The van der Waals surface area contributed by atoms with Gasteiger partial charge in [-0.1, -0.05) is 6.07 Å². The van der Waals surface area contributed by atoms with Crippen molar-refractivity contribution in [2.75, 3.05) is 19.8 Å². The topological polar surface area (TPSA) is 45.0 Å². The van der Waals surface area contributed by atoms with E-state index < -0.39 is 0 Å². The highest BCUT2D eigenvalue weighted by Gasteiger charge is 2.06. The van der Waals surface area contributed by atoms with Crippen molar-refractivity contribution in [2.45, 2.75) is 6.54 Å². The van der Waals surface area contributed by atoms with Crippen molar-refractivity contribution in [3.8, 4) is 0 Å². The number of nitrogens with two attached hydrogens (primary N) is 1. The quantitative estimate of drug-likeness (QED) is 0.708. The Kier molecular flexibility index (Phi) is 2.17. The van der Waals surface area contributed by atoms with E-state index in [0.29, 0.717) is 0 Å². The van der Waals surface area contributed by atoms with E-state index in [0.717, 1.165) is 23.1 Å². The standard InChI is InChI=1S/C11H15N3/c1-14(2)7-8-6-13-10-5-3-4-9(12)11(8)10/h3-6,13H,7,12H2,1-2H3. The Hall–Kier alpha value is -1.48. The zero-order valence-corrected chi connectivity index (χ0v) is 8.54. The molecule has 74 valence electrons. The Bertz CT molecular complexity index is 443. The first-order valence-corrected chi connectivity index (χ1v) is 4.67. The number of aromatic nitrogens is 1. The SMILES string of the molecule is CN(C)Cc1c[nH]c2cccc(N)c12. The van der Waals surface area contributed by atoms with Crippen LogP contribution in [0.1, 0.15) is 5.56 Å². The number of aromatic amines is 1. The monoisotopic (exact) mass is 189 g/mol. The van der Waals surface area contributed by atoms with Gasteiger partial charge in [-0.25, -0.2) is 0 Å². The molecule has 0 radical (unpaired) electrons. The number of hydrogen-bond donors (Lipinski definition) is 2. The number of fused-ring (bicyclic) bond motifs is 1. The maximum absolute atomic E-state index is 5.94.